The minimum absolute atomic E-state index is 0. The normalized spacial score (nSPS) is 13.0. The summed E-state index contributed by atoms with van der Waals surface area (Å²) in [7, 11) is 3.96. The van der Waals surface area contributed by atoms with E-state index in [2.05, 4.69) is 4.90 Å². The van der Waals surface area contributed by atoms with Crippen molar-refractivity contribution in [3.8, 4) is 0 Å². The van der Waals surface area contributed by atoms with Gasteiger partial charge in [0.1, 0.15) is 0 Å². The maximum atomic E-state index is 12.4. The lowest BCUT2D eigenvalue weighted by molar-refractivity contribution is -0.388. The zero-order valence-electron chi connectivity index (χ0n) is 16.0. The lowest BCUT2D eigenvalue weighted by Crippen LogP contribution is -2.49. The van der Waals surface area contributed by atoms with Crippen molar-refractivity contribution >= 4 is 18.4 Å². The van der Waals surface area contributed by atoms with Gasteiger partial charge in [-0.2, -0.15) is 0 Å². The molecule has 0 aliphatic heterocycles. The molecule has 27 heavy (non-hydrogen) atoms. The van der Waals surface area contributed by atoms with Crippen LogP contribution in [0.1, 0.15) is 30.0 Å². The Morgan fingerprint density at radius 2 is 1.70 bits per heavy atom. The summed E-state index contributed by atoms with van der Waals surface area (Å²) in [6.45, 7) is 3.00. The lowest BCUT2D eigenvalue weighted by Gasteiger charge is -2.35. The van der Waals surface area contributed by atoms with E-state index in [1.54, 1.807) is 36.4 Å². The zero-order chi connectivity index (χ0) is 19.0. The Labute approximate surface area is 167 Å². The average molecular weight is 393 g/mol. The first-order valence-corrected chi connectivity index (χ1v) is 8.83. The third-order valence-electron chi connectivity index (χ3n) is 4.16. The predicted molar refractivity (Wildman–Crippen MR) is 106 cm³/mol. The number of benzene rings is 2. The molecule has 0 radical (unpaired) electrons. The number of aliphatic carboxylic acids is 1. The fourth-order valence-corrected chi connectivity index (χ4v) is 2.82. The maximum absolute atomic E-state index is 12.4. The third kappa shape index (κ3) is 5.53. The van der Waals surface area contributed by atoms with E-state index in [4.69, 9.17) is 9.78 Å². The Morgan fingerprint density at radius 3 is 2.30 bits per heavy atom. The van der Waals surface area contributed by atoms with Gasteiger partial charge in [-0.1, -0.05) is 61.5 Å². The molecule has 5 nitrogen and oxygen atoms in total. The summed E-state index contributed by atoms with van der Waals surface area (Å²) in [4.78, 5) is 25.3. The second kappa shape index (κ2) is 11.0. The number of hydrogen-bond acceptors (Lipinski definition) is 5. The van der Waals surface area contributed by atoms with Crippen molar-refractivity contribution in [1.82, 2.24) is 4.90 Å². The molecule has 0 amide bonds. The Kier molecular flexibility index (Phi) is 9.46. The van der Waals surface area contributed by atoms with Gasteiger partial charge in [-0.05, 0) is 38.1 Å². The highest BCUT2D eigenvalue weighted by atomic mass is 35.5. The molecule has 1 atom stereocenters. The van der Waals surface area contributed by atoms with E-state index >= 15 is 0 Å². The summed E-state index contributed by atoms with van der Waals surface area (Å²) < 4.78 is 0. The number of carboxylic acids is 1. The molecule has 0 aliphatic rings. The quantitative estimate of drug-likeness (QED) is 0.353. The van der Waals surface area contributed by atoms with Gasteiger partial charge in [0.2, 0.25) is 0 Å². The Balaban J connectivity index is 0.00000364. The molecule has 0 aliphatic carbocycles. The monoisotopic (exact) mass is 392 g/mol. The zero-order valence-corrected chi connectivity index (χ0v) is 16.8. The lowest BCUT2D eigenvalue weighted by atomic mass is 9.83. The van der Waals surface area contributed by atoms with Crippen molar-refractivity contribution in [1.29, 1.82) is 0 Å². The summed E-state index contributed by atoms with van der Waals surface area (Å²) in [5.41, 5.74) is 0.0613. The van der Waals surface area contributed by atoms with Gasteiger partial charge in [0, 0.05) is 12.1 Å². The van der Waals surface area contributed by atoms with Gasteiger partial charge in [-0.3, -0.25) is 0 Å². The van der Waals surface area contributed by atoms with Crippen LogP contribution in [0.3, 0.4) is 0 Å². The first-order chi connectivity index (χ1) is 12.5. The molecule has 0 N–H and O–H groups in total. The molecule has 2 aromatic carbocycles. The van der Waals surface area contributed by atoms with Crippen LogP contribution in [-0.4, -0.2) is 38.1 Å². The predicted octanol–water partition coefficient (Wildman–Crippen LogP) is 2.56. The van der Waals surface area contributed by atoms with Crippen LogP contribution in [0.25, 0.3) is 0 Å². The molecule has 148 valence electrons. The van der Waals surface area contributed by atoms with E-state index < -0.39 is 11.6 Å². The first kappa shape index (κ1) is 23.1. The molecule has 2 aromatic rings. The summed E-state index contributed by atoms with van der Waals surface area (Å²) in [5.74, 6) is -1.35. The second-order valence-corrected chi connectivity index (χ2v) is 6.45. The number of halogens is 1. The molecule has 2 rings (SSSR count). The van der Waals surface area contributed by atoms with Crippen LogP contribution in [0.4, 0.5) is 0 Å². The SMILES string of the molecule is CCCOOC(C(=O)[O-])(c1ccccc1)c1ccccc1CCN(C)C.Cl. The molecule has 0 fully saturated rings. The van der Waals surface area contributed by atoms with E-state index in [0.717, 1.165) is 12.1 Å². The number of rotatable bonds is 10. The number of carboxylic acid groups (broad SMARTS) is 1. The van der Waals surface area contributed by atoms with Crippen molar-refractivity contribution in [3.63, 3.8) is 0 Å². The van der Waals surface area contributed by atoms with Crippen molar-refractivity contribution in [2.45, 2.75) is 25.4 Å². The highest BCUT2D eigenvalue weighted by Gasteiger charge is 2.40. The van der Waals surface area contributed by atoms with Crippen LogP contribution in [0, 0.1) is 0 Å². The molecule has 0 spiro atoms. The number of likely N-dealkylation sites (N-methyl/N-ethyl adjacent to an activating group) is 1. The fraction of sp³-hybridized carbons (Fsp3) is 0.381. The Hall–Kier alpha value is -1.92. The Bertz CT molecular complexity index is 708. The molecular weight excluding hydrogens is 366 g/mol. The van der Waals surface area contributed by atoms with Crippen molar-refractivity contribution in [3.05, 3.63) is 71.3 Å². The number of nitrogens with zero attached hydrogens (tertiary/aromatic N) is 1. The van der Waals surface area contributed by atoms with E-state index in [-0.39, 0.29) is 12.4 Å². The van der Waals surface area contributed by atoms with E-state index in [1.807, 2.05) is 39.2 Å². The first-order valence-electron chi connectivity index (χ1n) is 8.83. The van der Waals surface area contributed by atoms with Gasteiger partial charge in [-0.15, -0.1) is 12.4 Å². The number of carbonyl (C=O) groups is 1. The molecule has 0 aromatic heterocycles. The van der Waals surface area contributed by atoms with Crippen molar-refractivity contribution in [2.24, 2.45) is 0 Å². The summed E-state index contributed by atoms with van der Waals surface area (Å²) in [5, 5.41) is 12.4. The van der Waals surface area contributed by atoms with Gasteiger partial charge in [0.05, 0.1) is 12.6 Å². The highest BCUT2D eigenvalue weighted by molar-refractivity contribution is 5.85. The van der Waals surface area contributed by atoms with Crippen LogP contribution >= 0.6 is 12.4 Å². The minimum Gasteiger partial charge on any atom is -0.546 e. The van der Waals surface area contributed by atoms with E-state index in [0.29, 0.717) is 30.6 Å². The number of carbonyl (C=O) groups excluding carboxylic acids is 1. The average Bonchev–Trinajstić information content (AvgIpc) is 2.64. The van der Waals surface area contributed by atoms with E-state index in [9.17, 15) is 9.90 Å². The fourth-order valence-electron chi connectivity index (χ4n) is 2.82. The molecule has 0 heterocycles. The molecule has 1 unspecified atom stereocenters. The van der Waals surface area contributed by atoms with Gasteiger partial charge in [-0.25, -0.2) is 9.78 Å². The van der Waals surface area contributed by atoms with Crippen LogP contribution in [0.2, 0.25) is 0 Å². The topological polar surface area (TPSA) is 61.8 Å². The van der Waals surface area contributed by atoms with E-state index in [1.165, 1.54) is 0 Å². The van der Waals surface area contributed by atoms with Gasteiger partial charge >= 0.3 is 0 Å². The molecule has 6 heteroatoms. The second-order valence-electron chi connectivity index (χ2n) is 6.45. The van der Waals surface area contributed by atoms with Crippen molar-refractivity contribution < 1.29 is 19.7 Å². The van der Waals surface area contributed by atoms with Gasteiger partial charge in [0.15, 0.2) is 5.60 Å². The summed E-state index contributed by atoms with van der Waals surface area (Å²) in [6, 6.07) is 16.2. The number of hydrogen-bond donors (Lipinski definition) is 0. The van der Waals surface area contributed by atoms with Gasteiger partial charge in [0.25, 0.3) is 0 Å². The third-order valence-corrected chi connectivity index (χ3v) is 4.16. The standard InChI is InChI=1S/C21H27NO4.ClH/c1-4-16-25-26-21(20(23)24,18-11-6-5-7-12-18)19-13-9-8-10-17(19)14-15-22(2)3;/h5-13H,4,14-16H2,1-3H3,(H,23,24);1H/p-1. The summed E-state index contributed by atoms with van der Waals surface area (Å²) >= 11 is 0. The van der Waals surface area contributed by atoms with Crippen LogP contribution in [0.5, 0.6) is 0 Å². The Morgan fingerprint density at radius 1 is 1.07 bits per heavy atom. The van der Waals surface area contributed by atoms with Crippen LogP contribution in [-0.2, 0) is 26.6 Å². The molecule has 0 bridgehead atoms. The van der Waals surface area contributed by atoms with Gasteiger partial charge < -0.3 is 14.8 Å². The molecule has 0 saturated heterocycles. The smallest absolute Gasteiger partial charge is 0.193 e. The van der Waals surface area contributed by atoms with Crippen LogP contribution < -0.4 is 5.11 Å². The maximum Gasteiger partial charge on any atom is 0.193 e. The largest absolute Gasteiger partial charge is 0.546 e. The summed E-state index contributed by atoms with van der Waals surface area (Å²) in [6.07, 6.45) is 1.39. The minimum atomic E-state index is -1.82. The van der Waals surface area contributed by atoms with Crippen molar-refractivity contribution in [2.75, 3.05) is 27.2 Å². The highest BCUT2D eigenvalue weighted by Crippen LogP contribution is 2.36. The molecular formula is C21H27ClNO4-. The molecule has 0 saturated carbocycles. The van der Waals surface area contributed by atoms with Crippen LogP contribution in [0.15, 0.2) is 54.6 Å².